The molecule has 0 unspecified atom stereocenters. The standard InChI is InChI=1S/C28H27N5O3/c1-29-22-8-5-20(6-9-22)25-26(21-7-10-23-24(16-21)35-15-14-34-23)33-13-11-30-27(33)28(31-25)36-18-19-4-3-12-32(2)17-19/h5-11,13,16,19H,3-4,12,14-15,17-18H2,2H3/t19-/m1/s1. The molecular weight excluding hydrogens is 454 g/mol. The largest absolute Gasteiger partial charge is 0.486 e. The first-order valence-corrected chi connectivity index (χ1v) is 12.3. The Kier molecular flexibility index (Phi) is 5.91. The topological polar surface area (TPSA) is 65.5 Å². The summed E-state index contributed by atoms with van der Waals surface area (Å²) in [5.74, 6) is 2.42. The molecule has 1 saturated heterocycles. The summed E-state index contributed by atoms with van der Waals surface area (Å²) >= 11 is 0. The van der Waals surface area contributed by atoms with Crippen LogP contribution in [-0.2, 0) is 0 Å². The first-order chi connectivity index (χ1) is 17.7. The van der Waals surface area contributed by atoms with Crippen molar-refractivity contribution in [2.45, 2.75) is 12.8 Å². The minimum atomic E-state index is 0.458. The highest BCUT2D eigenvalue weighted by Crippen LogP contribution is 2.39. The molecule has 182 valence electrons. The smallest absolute Gasteiger partial charge is 0.259 e. The summed E-state index contributed by atoms with van der Waals surface area (Å²) in [6.45, 7) is 11.1. The van der Waals surface area contributed by atoms with Crippen molar-refractivity contribution in [3.05, 3.63) is 66.3 Å². The lowest BCUT2D eigenvalue weighted by atomic mass is 10.00. The number of piperidine rings is 1. The van der Waals surface area contributed by atoms with Crippen molar-refractivity contribution < 1.29 is 14.2 Å². The molecule has 0 N–H and O–H groups in total. The monoisotopic (exact) mass is 481 g/mol. The average molecular weight is 482 g/mol. The van der Waals surface area contributed by atoms with Gasteiger partial charge in [-0.2, -0.15) is 0 Å². The highest BCUT2D eigenvalue weighted by molar-refractivity contribution is 5.83. The van der Waals surface area contributed by atoms with E-state index in [2.05, 4.69) is 21.8 Å². The summed E-state index contributed by atoms with van der Waals surface area (Å²) in [4.78, 5) is 15.5. The number of imidazole rings is 1. The third-order valence-electron chi connectivity index (χ3n) is 6.77. The second-order valence-electron chi connectivity index (χ2n) is 9.33. The third kappa shape index (κ3) is 4.23. The van der Waals surface area contributed by atoms with Crippen molar-refractivity contribution in [3.63, 3.8) is 0 Å². The number of rotatable bonds is 5. The fraction of sp³-hybridized carbons (Fsp3) is 0.321. The van der Waals surface area contributed by atoms with Gasteiger partial charge in [0.1, 0.15) is 13.2 Å². The molecule has 0 saturated carbocycles. The lowest BCUT2D eigenvalue weighted by Gasteiger charge is -2.29. The summed E-state index contributed by atoms with van der Waals surface area (Å²) in [6, 6.07) is 13.4. The van der Waals surface area contributed by atoms with Gasteiger partial charge in [0.2, 0.25) is 5.65 Å². The van der Waals surface area contributed by atoms with E-state index in [4.69, 9.17) is 25.8 Å². The van der Waals surface area contributed by atoms with Gasteiger partial charge in [-0.25, -0.2) is 14.8 Å². The van der Waals surface area contributed by atoms with E-state index in [1.807, 2.05) is 53.1 Å². The number of nitrogens with zero attached hydrogens (tertiary/aromatic N) is 5. The van der Waals surface area contributed by atoms with Gasteiger partial charge in [0, 0.05) is 30.4 Å². The van der Waals surface area contributed by atoms with Crippen LogP contribution >= 0.6 is 0 Å². The van der Waals surface area contributed by atoms with E-state index < -0.39 is 0 Å². The lowest BCUT2D eigenvalue weighted by molar-refractivity contribution is 0.148. The summed E-state index contributed by atoms with van der Waals surface area (Å²) in [7, 11) is 2.16. The Balaban J connectivity index is 1.47. The van der Waals surface area contributed by atoms with E-state index in [0.717, 1.165) is 47.8 Å². The molecule has 0 aliphatic carbocycles. The van der Waals surface area contributed by atoms with Gasteiger partial charge in [-0.05, 0) is 50.2 Å². The number of aromatic nitrogens is 3. The maximum atomic E-state index is 7.32. The van der Waals surface area contributed by atoms with Gasteiger partial charge in [0.05, 0.1) is 24.6 Å². The predicted octanol–water partition coefficient (Wildman–Crippen LogP) is 5.11. The van der Waals surface area contributed by atoms with Crippen LogP contribution < -0.4 is 14.2 Å². The van der Waals surface area contributed by atoms with Crippen LogP contribution in [0.4, 0.5) is 5.69 Å². The first kappa shape index (κ1) is 22.4. The molecule has 1 fully saturated rings. The Morgan fingerprint density at radius 1 is 1.08 bits per heavy atom. The lowest BCUT2D eigenvalue weighted by Crippen LogP contribution is -2.34. The zero-order valence-corrected chi connectivity index (χ0v) is 20.2. The quantitative estimate of drug-likeness (QED) is 0.369. The van der Waals surface area contributed by atoms with Crippen LogP contribution in [0.5, 0.6) is 17.4 Å². The first-order valence-electron chi connectivity index (χ1n) is 12.3. The van der Waals surface area contributed by atoms with E-state index in [1.165, 1.54) is 6.42 Å². The van der Waals surface area contributed by atoms with Gasteiger partial charge in [0.15, 0.2) is 17.2 Å². The predicted molar refractivity (Wildman–Crippen MR) is 137 cm³/mol. The van der Waals surface area contributed by atoms with Gasteiger partial charge in [-0.15, -0.1) is 0 Å². The van der Waals surface area contributed by atoms with E-state index in [0.29, 0.717) is 48.7 Å². The molecule has 2 aliphatic rings. The minimum absolute atomic E-state index is 0.458. The second-order valence-corrected chi connectivity index (χ2v) is 9.33. The normalized spacial score (nSPS) is 17.6. The van der Waals surface area contributed by atoms with Crippen molar-refractivity contribution >= 4 is 11.3 Å². The molecule has 8 heteroatoms. The van der Waals surface area contributed by atoms with Crippen LogP contribution in [0.3, 0.4) is 0 Å². The molecule has 2 aromatic heterocycles. The molecule has 4 aromatic rings. The molecule has 0 spiro atoms. The van der Waals surface area contributed by atoms with E-state index in [1.54, 1.807) is 6.20 Å². The number of ether oxygens (including phenoxy) is 3. The summed E-state index contributed by atoms with van der Waals surface area (Å²) in [6.07, 6.45) is 6.03. The molecule has 8 nitrogen and oxygen atoms in total. The maximum Gasteiger partial charge on any atom is 0.259 e. The molecule has 2 aliphatic heterocycles. The number of hydrogen-bond donors (Lipinski definition) is 0. The Bertz CT molecular complexity index is 1440. The van der Waals surface area contributed by atoms with Crippen LogP contribution in [0.15, 0.2) is 54.9 Å². The van der Waals surface area contributed by atoms with E-state index in [-0.39, 0.29) is 0 Å². The van der Waals surface area contributed by atoms with Crippen molar-refractivity contribution in [1.82, 2.24) is 19.3 Å². The number of hydrogen-bond acceptors (Lipinski definition) is 6. The van der Waals surface area contributed by atoms with Gasteiger partial charge in [0.25, 0.3) is 5.88 Å². The van der Waals surface area contributed by atoms with Crippen molar-refractivity contribution in [1.29, 1.82) is 0 Å². The van der Waals surface area contributed by atoms with Crippen molar-refractivity contribution in [3.8, 4) is 39.9 Å². The summed E-state index contributed by atoms with van der Waals surface area (Å²) in [5, 5.41) is 0. The molecule has 2 aromatic carbocycles. The molecule has 36 heavy (non-hydrogen) atoms. The summed E-state index contributed by atoms with van der Waals surface area (Å²) in [5.41, 5.74) is 4.71. The fourth-order valence-electron chi connectivity index (χ4n) is 5.03. The zero-order valence-electron chi connectivity index (χ0n) is 20.2. The Morgan fingerprint density at radius 2 is 1.89 bits per heavy atom. The average Bonchev–Trinajstić information content (AvgIpc) is 3.41. The van der Waals surface area contributed by atoms with E-state index >= 15 is 0 Å². The van der Waals surface area contributed by atoms with Crippen LogP contribution in [0.2, 0.25) is 0 Å². The Hall–Kier alpha value is -4.09. The number of benzene rings is 2. The van der Waals surface area contributed by atoms with Crippen LogP contribution in [0.1, 0.15) is 12.8 Å². The molecular formula is C28H27N5O3. The highest BCUT2D eigenvalue weighted by atomic mass is 16.6. The molecule has 0 amide bonds. The van der Waals surface area contributed by atoms with Crippen molar-refractivity contribution in [2.75, 3.05) is 40.0 Å². The Morgan fingerprint density at radius 3 is 2.69 bits per heavy atom. The molecule has 0 bridgehead atoms. The molecule has 4 heterocycles. The summed E-state index contributed by atoms with van der Waals surface area (Å²) < 4.78 is 20.0. The van der Waals surface area contributed by atoms with Gasteiger partial charge >= 0.3 is 0 Å². The SMILES string of the molecule is [C-]#[N+]c1ccc(-c2nc(OC[C@@H]3CCCN(C)C3)c3nccn3c2-c2ccc3c(c2)OCCO3)cc1. The third-order valence-corrected chi connectivity index (χ3v) is 6.77. The fourth-order valence-corrected chi connectivity index (χ4v) is 5.03. The molecule has 1 atom stereocenters. The van der Waals surface area contributed by atoms with Crippen LogP contribution in [-0.4, -0.2) is 59.2 Å². The maximum absolute atomic E-state index is 7.32. The highest BCUT2D eigenvalue weighted by Gasteiger charge is 2.23. The Labute approximate surface area is 209 Å². The van der Waals surface area contributed by atoms with Gasteiger partial charge < -0.3 is 19.1 Å². The van der Waals surface area contributed by atoms with Crippen LogP contribution in [0, 0.1) is 12.5 Å². The number of fused-ring (bicyclic) bond motifs is 2. The zero-order chi connectivity index (χ0) is 24.5. The minimum Gasteiger partial charge on any atom is -0.486 e. The van der Waals surface area contributed by atoms with Gasteiger partial charge in [-0.1, -0.05) is 24.3 Å². The van der Waals surface area contributed by atoms with Crippen molar-refractivity contribution in [2.24, 2.45) is 5.92 Å². The van der Waals surface area contributed by atoms with Crippen LogP contribution in [0.25, 0.3) is 33.0 Å². The van der Waals surface area contributed by atoms with E-state index in [9.17, 15) is 0 Å². The molecule has 0 radical (unpaired) electrons. The van der Waals surface area contributed by atoms with Gasteiger partial charge in [-0.3, -0.25) is 4.40 Å². The second kappa shape index (κ2) is 9.51. The number of likely N-dealkylation sites (tertiary alicyclic amines) is 1. The molecule has 6 rings (SSSR count).